The van der Waals surface area contributed by atoms with Crippen LogP contribution in [0.1, 0.15) is 55.6 Å². The molecule has 1 aromatic carbocycles. The van der Waals surface area contributed by atoms with Crippen molar-refractivity contribution in [1.82, 2.24) is 5.06 Å². The molecule has 0 aliphatic carbocycles. The first-order valence-corrected chi connectivity index (χ1v) is 7.71. The molecule has 1 aromatic rings. The third-order valence-corrected chi connectivity index (χ3v) is 3.87. The Morgan fingerprint density at radius 1 is 1.21 bits per heavy atom. The number of esters is 1. The summed E-state index contributed by atoms with van der Waals surface area (Å²) in [6, 6.07) is 1.20. The molecule has 1 fully saturated rings. The van der Waals surface area contributed by atoms with Gasteiger partial charge in [-0.2, -0.15) is 0 Å². The number of ether oxygens (including phenoxy) is 1. The average Bonchev–Trinajstić information content (AvgIpc) is 2.95. The van der Waals surface area contributed by atoms with Crippen LogP contribution in [-0.4, -0.2) is 30.7 Å². The Morgan fingerprint density at radius 2 is 1.88 bits per heavy atom. The molecule has 0 N–H and O–H groups in total. The van der Waals surface area contributed by atoms with Crippen molar-refractivity contribution < 1.29 is 27.9 Å². The van der Waals surface area contributed by atoms with Crippen molar-refractivity contribution in [3.63, 3.8) is 0 Å². The Bertz CT molecular complexity index is 655. The Kier molecular flexibility index (Phi) is 5.22. The zero-order valence-corrected chi connectivity index (χ0v) is 14.2. The van der Waals surface area contributed by atoms with Gasteiger partial charge in [0, 0.05) is 12.1 Å². The zero-order chi connectivity index (χ0) is 18.1. The molecular weight excluding hydrogens is 320 g/mol. The summed E-state index contributed by atoms with van der Waals surface area (Å²) in [4.78, 5) is 28.8. The van der Waals surface area contributed by atoms with Crippen LogP contribution >= 0.6 is 0 Å². The largest absolute Gasteiger partial charge is 0.465 e. The second-order valence-corrected chi connectivity index (χ2v) is 6.77. The van der Waals surface area contributed by atoms with E-state index in [1.807, 2.05) is 0 Å². The maximum Gasteiger partial charge on any atom is 0.340 e. The van der Waals surface area contributed by atoms with Crippen molar-refractivity contribution in [3.05, 3.63) is 34.9 Å². The van der Waals surface area contributed by atoms with Crippen LogP contribution in [0.5, 0.6) is 0 Å². The first kappa shape index (κ1) is 18.3. The van der Waals surface area contributed by atoms with Crippen LogP contribution < -0.4 is 0 Å². The maximum absolute atomic E-state index is 14.4. The highest BCUT2D eigenvalue weighted by molar-refractivity contribution is 5.89. The number of benzene rings is 1. The predicted molar refractivity (Wildman–Crippen MR) is 81.9 cm³/mol. The molecule has 2 rings (SSSR count). The van der Waals surface area contributed by atoms with Gasteiger partial charge >= 0.3 is 11.9 Å². The van der Waals surface area contributed by atoms with Gasteiger partial charge in [0.25, 0.3) is 0 Å². The summed E-state index contributed by atoms with van der Waals surface area (Å²) in [5.74, 6) is -2.99. The van der Waals surface area contributed by atoms with E-state index in [2.05, 4.69) is 4.74 Å². The predicted octanol–water partition coefficient (Wildman–Crippen LogP) is 3.39. The fourth-order valence-electron chi connectivity index (χ4n) is 2.49. The highest BCUT2D eigenvalue weighted by atomic mass is 19.1. The van der Waals surface area contributed by atoms with Crippen LogP contribution in [0.4, 0.5) is 8.78 Å². The molecule has 1 heterocycles. The Hall–Kier alpha value is -2.02. The van der Waals surface area contributed by atoms with Gasteiger partial charge in [0.1, 0.15) is 11.6 Å². The molecule has 0 radical (unpaired) electrons. The molecule has 0 saturated carbocycles. The summed E-state index contributed by atoms with van der Waals surface area (Å²) in [5, 5.41) is 1.38. The van der Waals surface area contributed by atoms with Crippen molar-refractivity contribution in [2.24, 2.45) is 5.41 Å². The van der Waals surface area contributed by atoms with Gasteiger partial charge in [-0.15, -0.1) is 5.06 Å². The normalized spacial score (nSPS) is 18.5. The summed E-state index contributed by atoms with van der Waals surface area (Å²) < 4.78 is 32.9. The van der Waals surface area contributed by atoms with E-state index in [1.165, 1.54) is 5.06 Å². The average molecular weight is 341 g/mol. The van der Waals surface area contributed by atoms with E-state index in [-0.39, 0.29) is 5.56 Å². The quantitative estimate of drug-likeness (QED) is 0.789. The SMILES string of the molecule is COC(=O)c1cc(F)c(C2CCCN2OC(=O)C(C)(C)C)cc1F. The summed E-state index contributed by atoms with van der Waals surface area (Å²) in [7, 11) is 1.10. The van der Waals surface area contributed by atoms with Crippen LogP contribution in [-0.2, 0) is 14.4 Å². The number of halogens is 2. The number of hydroxylamine groups is 2. The van der Waals surface area contributed by atoms with Crippen molar-refractivity contribution >= 4 is 11.9 Å². The summed E-state index contributed by atoms with van der Waals surface area (Å²) >= 11 is 0. The smallest absolute Gasteiger partial charge is 0.340 e. The lowest BCUT2D eigenvalue weighted by Gasteiger charge is -2.27. The van der Waals surface area contributed by atoms with E-state index in [0.29, 0.717) is 19.4 Å². The van der Waals surface area contributed by atoms with Gasteiger partial charge in [0.15, 0.2) is 0 Å². The molecule has 1 atom stereocenters. The van der Waals surface area contributed by atoms with Crippen molar-refractivity contribution in [1.29, 1.82) is 0 Å². The van der Waals surface area contributed by atoms with E-state index in [1.54, 1.807) is 20.8 Å². The second-order valence-electron chi connectivity index (χ2n) is 6.77. The molecule has 0 spiro atoms. The van der Waals surface area contributed by atoms with Crippen LogP contribution in [0, 0.1) is 17.0 Å². The minimum Gasteiger partial charge on any atom is -0.465 e. The Balaban J connectivity index is 2.28. The zero-order valence-electron chi connectivity index (χ0n) is 14.2. The molecule has 0 aromatic heterocycles. The van der Waals surface area contributed by atoms with E-state index in [4.69, 9.17) is 4.84 Å². The molecule has 0 bridgehead atoms. The number of methoxy groups -OCH3 is 1. The molecule has 1 aliphatic rings. The van der Waals surface area contributed by atoms with Crippen LogP contribution in [0.3, 0.4) is 0 Å². The van der Waals surface area contributed by atoms with Gasteiger partial charge in [-0.3, -0.25) is 0 Å². The summed E-state index contributed by atoms with van der Waals surface area (Å²) in [5.41, 5.74) is -1.11. The molecule has 1 aliphatic heterocycles. The monoisotopic (exact) mass is 341 g/mol. The summed E-state index contributed by atoms with van der Waals surface area (Å²) in [6.45, 7) is 5.58. The standard InChI is InChI=1S/C17H21F2NO4/c1-17(2,3)16(22)24-20-7-5-6-14(20)10-8-13(19)11(9-12(10)18)15(21)23-4/h8-9,14H,5-7H2,1-4H3. The van der Waals surface area contributed by atoms with Crippen LogP contribution in [0.2, 0.25) is 0 Å². The van der Waals surface area contributed by atoms with Crippen LogP contribution in [0.25, 0.3) is 0 Å². The Labute approximate surface area is 139 Å². The highest BCUT2D eigenvalue weighted by Crippen LogP contribution is 2.35. The van der Waals surface area contributed by atoms with E-state index in [9.17, 15) is 18.4 Å². The van der Waals surface area contributed by atoms with Gasteiger partial charge in [-0.05, 0) is 45.7 Å². The maximum atomic E-state index is 14.4. The van der Waals surface area contributed by atoms with Gasteiger partial charge in [0.2, 0.25) is 0 Å². The first-order chi connectivity index (χ1) is 11.1. The van der Waals surface area contributed by atoms with E-state index < -0.39 is 40.6 Å². The third kappa shape index (κ3) is 3.72. The minimum absolute atomic E-state index is 0.0550. The first-order valence-electron chi connectivity index (χ1n) is 7.71. The van der Waals surface area contributed by atoms with E-state index >= 15 is 0 Å². The molecule has 0 amide bonds. The number of carbonyl (C=O) groups excluding carboxylic acids is 2. The number of hydrogen-bond donors (Lipinski definition) is 0. The van der Waals surface area contributed by atoms with E-state index in [0.717, 1.165) is 19.2 Å². The minimum atomic E-state index is -0.944. The second kappa shape index (κ2) is 6.84. The lowest BCUT2D eigenvalue weighted by atomic mass is 9.98. The molecule has 24 heavy (non-hydrogen) atoms. The summed E-state index contributed by atoms with van der Waals surface area (Å²) in [6.07, 6.45) is 1.20. The fraction of sp³-hybridized carbons (Fsp3) is 0.529. The lowest BCUT2D eigenvalue weighted by molar-refractivity contribution is -0.205. The molecule has 7 heteroatoms. The molecular formula is C17H21F2NO4. The molecule has 132 valence electrons. The number of nitrogens with zero attached hydrogens (tertiary/aromatic N) is 1. The number of rotatable bonds is 3. The number of hydrogen-bond acceptors (Lipinski definition) is 5. The van der Waals surface area contributed by atoms with Crippen LogP contribution in [0.15, 0.2) is 12.1 Å². The lowest BCUT2D eigenvalue weighted by Crippen LogP contribution is -2.33. The third-order valence-electron chi connectivity index (χ3n) is 3.87. The van der Waals surface area contributed by atoms with Gasteiger partial charge in [-0.1, -0.05) is 0 Å². The molecule has 5 nitrogen and oxygen atoms in total. The van der Waals surface area contributed by atoms with Crippen molar-refractivity contribution in [3.8, 4) is 0 Å². The highest BCUT2D eigenvalue weighted by Gasteiger charge is 2.35. The Morgan fingerprint density at radius 3 is 2.46 bits per heavy atom. The molecule has 1 saturated heterocycles. The molecule has 1 unspecified atom stereocenters. The number of carbonyl (C=O) groups is 2. The van der Waals surface area contributed by atoms with Gasteiger partial charge < -0.3 is 9.57 Å². The van der Waals surface area contributed by atoms with Crippen molar-refractivity contribution in [2.75, 3.05) is 13.7 Å². The van der Waals surface area contributed by atoms with Gasteiger partial charge in [0.05, 0.1) is 24.1 Å². The topological polar surface area (TPSA) is 55.8 Å². The fourth-order valence-corrected chi connectivity index (χ4v) is 2.49. The van der Waals surface area contributed by atoms with Crippen molar-refractivity contribution in [2.45, 2.75) is 39.7 Å². The van der Waals surface area contributed by atoms with Gasteiger partial charge in [-0.25, -0.2) is 18.4 Å².